The summed E-state index contributed by atoms with van der Waals surface area (Å²) in [6, 6.07) is 0. The second-order valence-electron chi connectivity index (χ2n) is 1.84. The molecule has 0 N–H and O–H groups in total. The first-order valence-electron chi connectivity index (χ1n) is 2.38. The molecule has 3 nitrogen and oxygen atoms in total. The summed E-state index contributed by atoms with van der Waals surface area (Å²) in [5.74, 6) is -5.77. The molecule has 0 atom stereocenters. The Morgan fingerprint density at radius 3 is 1.25 bits per heavy atom. The Morgan fingerprint density at radius 2 is 1.00 bits per heavy atom. The van der Waals surface area contributed by atoms with Gasteiger partial charge < -0.3 is 0 Å². The third-order valence-corrected chi connectivity index (χ3v) is 1.01. The molecular weight excluding hydrogens is 198 g/mol. The molecule has 1 rings (SSSR count). The van der Waals surface area contributed by atoms with Crippen molar-refractivity contribution in [1.82, 2.24) is 0 Å². The van der Waals surface area contributed by atoms with E-state index in [2.05, 4.69) is 14.8 Å². The Morgan fingerprint density at radius 1 is 0.667 bits per heavy atom. The van der Waals surface area contributed by atoms with Crippen LogP contribution in [-0.4, -0.2) is 18.1 Å². The lowest BCUT2D eigenvalue weighted by molar-refractivity contribution is -0.706. The van der Waals surface area contributed by atoms with Crippen LogP contribution in [0.4, 0.5) is 26.3 Å². The normalized spacial score (nSPS) is 31.5. The standard InChI is InChI=1S/C3F6O3/c4-1(5)2(6,7)10-12-11-3(1,8)9. The lowest BCUT2D eigenvalue weighted by Gasteiger charge is -2.32. The van der Waals surface area contributed by atoms with Gasteiger partial charge in [-0.25, -0.2) is 0 Å². The Balaban J connectivity index is 2.99. The maximum atomic E-state index is 11.9. The molecule has 0 radical (unpaired) electrons. The number of alkyl halides is 6. The molecule has 0 amide bonds. The summed E-state index contributed by atoms with van der Waals surface area (Å²) in [5.41, 5.74) is 0. The van der Waals surface area contributed by atoms with Gasteiger partial charge in [0.15, 0.2) is 0 Å². The molecule has 0 unspecified atom stereocenters. The van der Waals surface area contributed by atoms with Gasteiger partial charge in [0.1, 0.15) is 0 Å². The van der Waals surface area contributed by atoms with Crippen LogP contribution in [0.1, 0.15) is 0 Å². The molecule has 72 valence electrons. The van der Waals surface area contributed by atoms with Crippen molar-refractivity contribution in [2.45, 2.75) is 18.1 Å². The van der Waals surface area contributed by atoms with E-state index in [1.54, 1.807) is 0 Å². The van der Waals surface area contributed by atoms with Crippen LogP contribution in [0.3, 0.4) is 0 Å². The summed E-state index contributed by atoms with van der Waals surface area (Å²) in [6.07, 6.45) is -10.8. The van der Waals surface area contributed by atoms with Gasteiger partial charge >= 0.3 is 18.1 Å². The first kappa shape index (κ1) is 9.55. The maximum Gasteiger partial charge on any atom is 0.456 e. The molecule has 1 fully saturated rings. The zero-order chi connectivity index (χ0) is 9.62. The minimum Gasteiger partial charge on any atom is -0.186 e. The fourth-order valence-corrected chi connectivity index (χ4v) is 0.377. The molecule has 12 heavy (non-hydrogen) atoms. The zero-order valence-corrected chi connectivity index (χ0v) is 4.99. The van der Waals surface area contributed by atoms with Crippen LogP contribution in [0.15, 0.2) is 0 Å². The molecule has 0 aliphatic carbocycles. The minimum atomic E-state index is -5.77. The highest BCUT2D eigenvalue weighted by Gasteiger charge is 2.79. The van der Waals surface area contributed by atoms with Crippen LogP contribution in [0.2, 0.25) is 0 Å². The van der Waals surface area contributed by atoms with Crippen molar-refractivity contribution in [3.05, 3.63) is 0 Å². The Bertz CT molecular complexity index is 172. The maximum absolute atomic E-state index is 11.9. The van der Waals surface area contributed by atoms with Gasteiger partial charge in [-0.3, -0.25) is 0 Å². The molecule has 1 saturated heterocycles. The van der Waals surface area contributed by atoms with Crippen molar-refractivity contribution >= 4 is 0 Å². The third kappa shape index (κ3) is 1.04. The number of hydrogen-bond acceptors (Lipinski definition) is 3. The van der Waals surface area contributed by atoms with Crippen LogP contribution in [-0.2, 0) is 14.8 Å². The summed E-state index contributed by atoms with van der Waals surface area (Å²) in [6.45, 7) is 0. The van der Waals surface area contributed by atoms with Crippen molar-refractivity contribution in [1.29, 1.82) is 0 Å². The van der Waals surface area contributed by atoms with Gasteiger partial charge in [0.25, 0.3) is 0 Å². The van der Waals surface area contributed by atoms with Gasteiger partial charge in [-0.05, 0) is 0 Å². The van der Waals surface area contributed by atoms with Crippen LogP contribution in [0.25, 0.3) is 0 Å². The highest BCUT2D eigenvalue weighted by molar-refractivity contribution is 4.85. The van der Waals surface area contributed by atoms with Gasteiger partial charge in [0, 0.05) is 0 Å². The van der Waals surface area contributed by atoms with E-state index in [-0.39, 0.29) is 0 Å². The van der Waals surface area contributed by atoms with Crippen LogP contribution >= 0.6 is 0 Å². The molecular formula is C3F6O3. The molecule has 1 aliphatic heterocycles. The summed E-state index contributed by atoms with van der Waals surface area (Å²) in [5, 5.41) is 2.66. The van der Waals surface area contributed by atoms with Gasteiger partial charge in [0.2, 0.25) is 0 Å². The summed E-state index contributed by atoms with van der Waals surface area (Å²) < 4.78 is 71.1. The van der Waals surface area contributed by atoms with Crippen LogP contribution in [0, 0.1) is 0 Å². The van der Waals surface area contributed by atoms with E-state index >= 15 is 0 Å². The molecule has 1 aliphatic rings. The number of halogens is 6. The predicted octanol–water partition coefficient (Wildman–Crippen LogP) is 1.70. The van der Waals surface area contributed by atoms with Gasteiger partial charge in [-0.2, -0.15) is 26.3 Å². The Labute approximate surface area is 60.7 Å². The zero-order valence-electron chi connectivity index (χ0n) is 4.99. The summed E-state index contributed by atoms with van der Waals surface area (Å²) in [7, 11) is 0. The molecule has 1 heterocycles. The van der Waals surface area contributed by atoms with E-state index in [9.17, 15) is 26.3 Å². The summed E-state index contributed by atoms with van der Waals surface area (Å²) in [4.78, 5) is 5.06. The summed E-state index contributed by atoms with van der Waals surface area (Å²) >= 11 is 0. The second kappa shape index (κ2) is 2.24. The molecule has 9 heteroatoms. The highest BCUT2D eigenvalue weighted by Crippen LogP contribution is 2.49. The second-order valence-corrected chi connectivity index (χ2v) is 1.84. The third-order valence-electron chi connectivity index (χ3n) is 1.01. The lowest BCUT2D eigenvalue weighted by atomic mass is 10.3. The average Bonchev–Trinajstić information content (AvgIpc) is 1.83. The predicted molar refractivity (Wildman–Crippen MR) is 18.1 cm³/mol. The van der Waals surface area contributed by atoms with E-state index in [4.69, 9.17) is 0 Å². The van der Waals surface area contributed by atoms with E-state index < -0.39 is 18.1 Å². The van der Waals surface area contributed by atoms with Crippen molar-refractivity contribution in [2.75, 3.05) is 0 Å². The quantitative estimate of drug-likeness (QED) is 0.438. The van der Waals surface area contributed by atoms with Crippen LogP contribution < -0.4 is 0 Å². The fraction of sp³-hybridized carbons (Fsp3) is 1.00. The van der Waals surface area contributed by atoms with E-state index in [1.807, 2.05) is 0 Å². The fourth-order valence-electron chi connectivity index (χ4n) is 0.377. The van der Waals surface area contributed by atoms with Crippen molar-refractivity contribution in [3.63, 3.8) is 0 Å². The SMILES string of the molecule is FC1(F)OOOC(F)(F)C1(F)F. The first-order valence-corrected chi connectivity index (χ1v) is 2.38. The van der Waals surface area contributed by atoms with E-state index in [0.29, 0.717) is 0 Å². The number of hydrogen-bond donors (Lipinski definition) is 0. The highest BCUT2D eigenvalue weighted by atomic mass is 19.4. The van der Waals surface area contributed by atoms with Gasteiger partial charge in [-0.15, -0.1) is 9.78 Å². The van der Waals surface area contributed by atoms with E-state index in [0.717, 1.165) is 0 Å². The first-order chi connectivity index (χ1) is 5.21. The van der Waals surface area contributed by atoms with E-state index in [1.165, 1.54) is 0 Å². The topological polar surface area (TPSA) is 27.7 Å². The molecule has 0 aromatic carbocycles. The lowest BCUT2D eigenvalue weighted by Crippen LogP contribution is -2.60. The minimum absolute atomic E-state index is 2.53. The Hall–Kier alpha value is -0.540. The average molecular weight is 198 g/mol. The Kier molecular flexibility index (Phi) is 1.78. The monoisotopic (exact) mass is 198 g/mol. The molecule has 0 saturated carbocycles. The molecule has 0 bridgehead atoms. The van der Waals surface area contributed by atoms with Crippen LogP contribution in [0.5, 0.6) is 0 Å². The largest absolute Gasteiger partial charge is 0.456 e. The smallest absolute Gasteiger partial charge is 0.186 e. The van der Waals surface area contributed by atoms with Crippen molar-refractivity contribution in [2.24, 2.45) is 0 Å². The molecule has 0 aromatic heterocycles. The number of rotatable bonds is 0. The van der Waals surface area contributed by atoms with Crippen molar-refractivity contribution in [3.8, 4) is 0 Å². The van der Waals surface area contributed by atoms with Gasteiger partial charge in [0.05, 0.1) is 0 Å². The van der Waals surface area contributed by atoms with Crippen molar-refractivity contribution < 1.29 is 41.2 Å². The molecule has 0 aromatic rings. The molecule has 0 spiro atoms. The van der Waals surface area contributed by atoms with Gasteiger partial charge in [-0.1, -0.05) is 5.04 Å².